The molecule has 1 aliphatic carbocycles. The molecule has 0 aromatic rings. The second-order valence-corrected chi connectivity index (χ2v) is 2.86. The molecule has 0 aromatic heterocycles. The summed E-state index contributed by atoms with van der Waals surface area (Å²) in [5.74, 6) is 0.166. The van der Waals surface area contributed by atoms with Gasteiger partial charge in [-0.2, -0.15) is 0 Å². The van der Waals surface area contributed by atoms with Crippen LogP contribution < -0.4 is 5.73 Å². The first-order valence-corrected chi connectivity index (χ1v) is 3.66. The van der Waals surface area contributed by atoms with Gasteiger partial charge in [-0.3, -0.25) is 4.39 Å². The standard InChI is InChI=1S/C7H14FN/c8-5-6-3-1-2-4-7(6)9/h6-7H,1-5,9H2. The highest BCUT2D eigenvalue weighted by Crippen LogP contribution is 2.22. The van der Waals surface area contributed by atoms with Crippen molar-refractivity contribution in [3.63, 3.8) is 0 Å². The van der Waals surface area contributed by atoms with Gasteiger partial charge in [-0.1, -0.05) is 12.8 Å². The van der Waals surface area contributed by atoms with Crippen molar-refractivity contribution >= 4 is 0 Å². The quantitative estimate of drug-likeness (QED) is 0.573. The van der Waals surface area contributed by atoms with Gasteiger partial charge >= 0.3 is 0 Å². The van der Waals surface area contributed by atoms with E-state index in [-0.39, 0.29) is 18.6 Å². The molecule has 2 heteroatoms. The van der Waals surface area contributed by atoms with E-state index in [4.69, 9.17) is 5.73 Å². The third kappa shape index (κ3) is 1.65. The van der Waals surface area contributed by atoms with Gasteiger partial charge in [0.1, 0.15) is 0 Å². The molecule has 0 bridgehead atoms. The van der Waals surface area contributed by atoms with Gasteiger partial charge in [0.05, 0.1) is 6.67 Å². The smallest absolute Gasteiger partial charge is 0.0937 e. The molecule has 1 aliphatic rings. The van der Waals surface area contributed by atoms with Crippen LogP contribution in [0, 0.1) is 5.92 Å². The Morgan fingerprint density at radius 3 is 2.44 bits per heavy atom. The Morgan fingerprint density at radius 1 is 1.33 bits per heavy atom. The predicted molar refractivity (Wildman–Crippen MR) is 35.9 cm³/mol. The Labute approximate surface area is 55.4 Å². The SMILES string of the molecule is NC1CCCCC1CF. The van der Waals surface area contributed by atoms with Crippen molar-refractivity contribution in [3.8, 4) is 0 Å². The largest absolute Gasteiger partial charge is 0.327 e. The third-order valence-corrected chi connectivity index (χ3v) is 2.17. The minimum Gasteiger partial charge on any atom is -0.327 e. The molecule has 1 fully saturated rings. The summed E-state index contributed by atoms with van der Waals surface area (Å²) in [6.07, 6.45) is 4.38. The molecule has 1 saturated carbocycles. The molecule has 2 N–H and O–H groups in total. The van der Waals surface area contributed by atoms with E-state index in [1.165, 1.54) is 12.8 Å². The number of hydrogen-bond donors (Lipinski definition) is 1. The van der Waals surface area contributed by atoms with Crippen LogP contribution >= 0.6 is 0 Å². The van der Waals surface area contributed by atoms with Gasteiger partial charge in [0.25, 0.3) is 0 Å². The molecule has 0 saturated heterocycles. The normalized spacial score (nSPS) is 36.7. The predicted octanol–water partition coefficient (Wildman–Crippen LogP) is 1.47. The lowest BCUT2D eigenvalue weighted by molar-refractivity contribution is 0.247. The Kier molecular flexibility index (Phi) is 2.46. The summed E-state index contributed by atoms with van der Waals surface area (Å²) in [7, 11) is 0. The molecule has 0 aliphatic heterocycles. The molecule has 0 amide bonds. The number of rotatable bonds is 1. The second-order valence-electron chi connectivity index (χ2n) is 2.86. The van der Waals surface area contributed by atoms with E-state index in [0.717, 1.165) is 12.8 Å². The molecule has 0 spiro atoms. The maximum absolute atomic E-state index is 12.0. The molecule has 1 nitrogen and oxygen atoms in total. The summed E-state index contributed by atoms with van der Waals surface area (Å²) in [5, 5.41) is 0. The summed E-state index contributed by atoms with van der Waals surface area (Å²) in [5.41, 5.74) is 5.65. The van der Waals surface area contributed by atoms with Crippen LogP contribution in [0.25, 0.3) is 0 Å². The van der Waals surface area contributed by atoms with Crippen molar-refractivity contribution in [1.82, 2.24) is 0 Å². The van der Waals surface area contributed by atoms with E-state index in [1.807, 2.05) is 0 Å². The average molecular weight is 131 g/mol. The van der Waals surface area contributed by atoms with Crippen LogP contribution in [0.1, 0.15) is 25.7 Å². The molecule has 1 rings (SSSR count). The van der Waals surface area contributed by atoms with Crippen molar-refractivity contribution in [2.45, 2.75) is 31.7 Å². The number of nitrogens with two attached hydrogens (primary N) is 1. The van der Waals surface area contributed by atoms with E-state index in [9.17, 15) is 4.39 Å². The zero-order valence-corrected chi connectivity index (χ0v) is 5.65. The zero-order valence-electron chi connectivity index (χ0n) is 5.65. The number of alkyl halides is 1. The summed E-state index contributed by atoms with van der Waals surface area (Å²) in [6, 6.07) is 0.142. The maximum atomic E-state index is 12.0. The summed E-state index contributed by atoms with van der Waals surface area (Å²) >= 11 is 0. The van der Waals surface area contributed by atoms with E-state index in [2.05, 4.69) is 0 Å². The van der Waals surface area contributed by atoms with Crippen molar-refractivity contribution in [2.75, 3.05) is 6.67 Å². The Hall–Kier alpha value is -0.110. The van der Waals surface area contributed by atoms with E-state index < -0.39 is 0 Å². The summed E-state index contributed by atoms with van der Waals surface area (Å²) < 4.78 is 12.0. The molecular formula is C7H14FN. The van der Waals surface area contributed by atoms with Gasteiger partial charge in [-0.25, -0.2) is 0 Å². The topological polar surface area (TPSA) is 26.0 Å². The molecule has 54 valence electrons. The highest BCUT2D eigenvalue weighted by molar-refractivity contribution is 4.76. The van der Waals surface area contributed by atoms with Crippen molar-refractivity contribution in [1.29, 1.82) is 0 Å². The van der Waals surface area contributed by atoms with Crippen LogP contribution in [0.3, 0.4) is 0 Å². The fourth-order valence-electron chi connectivity index (χ4n) is 1.43. The minimum absolute atomic E-state index is 0.142. The van der Waals surface area contributed by atoms with Gasteiger partial charge in [0.2, 0.25) is 0 Å². The van der Waals surface area contributed by atoms with Crippen LogP contribution in [-0.2, 0) is 0 Å². The van der Waals surface area contributed by atoms with Gasteiger partial charge in [-0.05, 0) is 12.8 Å². The molecule has 0 radical (unpaired) electrons. The van der Waals surface area contributed by atoms with Crippen LogP contribution in [-0.4, -0.2) is 12.7 Å². The molecule has 9 heavy (non-hydrogen) atoms. The molecule has 0 heterocycles. The Bertz CT molecular complexity index is 85.0. The summed E-state index contributed by atoms with van der Waals surface area (Å²) in [6.45, 7) is -0.221. The number of halogens is 1. The van der Waals surface area contributed by atoms with E-state index in [0.29, 0.717) is 0 Å². The molecule has 2 unspecified atom stereocenters. The Balaban J connectivity index is 2.30. The highest BCUT2D eigenvalue weighted by Gasteiger charge is 2.20. The second kappa shape index (κ2) is 3.16. The van der Waals surface area contributed by atoms with Gasteiger partial charge < -0.3 is 5.73 Å². The van der Waals surface area contributed by atoms with E-state index in [1.54, 1.807) is 0 Å². The van der Waals surface area contributed by atoms with E-state index >= 15 is 0 Å². The third-order valence-electron chi connectivity index (χ3n) is 2.17. The lowest BCUT2D eigenvalue weighted by Crippen LogP contribution is -2.34. The molecular weight excluding hydrogens is 117 g/mol. The fraction of sp³-hybridized carbons (Fsp3) is 1.00. The minimum atomic E-state index is -0.221. The zero-order chi connectivity index (χ0) is 6.69. The number of hydrogen-bond acceptors (Lipinski definition) is 1. The van der Waals surface area contributed by atoms with Crippen LogP contribution in [0.5, 0.6) is 0 Å². The lowest BCUT2D eigenvalue weighted by Gasteiger charge is -2.25. The van der Waals surface area contributed by atoms with Gasteiger partial charge in [0, 0.05) is 12.0 Å². The average Bonchev–Trinajstić information content (AvgIpc) is 1.89. The van der Waals surface area contributed by atoms with Gasteiger partial charge in [-0.15, -0.1) is 0 Å². The highest BCUT2D eigenvalue weighted by atomic mass is 19.1. The van der Waals surface area contributed by atoms with Crippen molar-refractivity contribution in [3.05, 3.63) is 0 Å². The Morgan fingerprint density at radius 2 is 2.00 bits per heavy atom. The maximum Gasteiger partial charge on any atom is 0.0937 e. The summed E-state index contributed by atoms with van der Waals surface area (Å²) in [4.78, 5) is 0. The first-order valence-electron chi connectivity index (χ1n) is 3.66. The first-order chi connectivity index (χ1) is 4.34. The van der Waals surface area contributed by atoms with Gasteiger partial charge in [0.15, 0.2) is 0 Å². The first kappa shape index (κ1) is 7.00. The van der Waals surface area contributed by atoms with Crippen LogP contribution in [0.2, 0.25) is 0 Å². The van der Waals surface area contributed by atoms with Crippen molar-refractivity contribution < 1.29 is 4.39 Å². The molecule has 0 aromatic carbocycles. The monoisotopic (exact) mass is 131 g/mol. The van der Waals surface area contributed by atoms with Crippen LogP contribution in [0.15, 0.2) is 0 Å². The molecule has 2 atom stereocenters. The van der Waals surface area contributed by atoms with Crippen molar-refractivity contribution in [2.24, 2.45) is 11.7 Å². The van der Waals surface area contributed by atoms with Crippen LogP contribution in [0.4, 0.5) is 4.39 Å². The fourth-order valence-corrected chi connectivity index (χ4v) is 1.43. The lowest BCUT2D eigenvalue weighted by atomic mass is 9.86.